The first-order valence-corrected chi connectivity index (χ1v) is 8.18. The Labute approximate surface area is 126 Å². The summed E-state index contributed by atoms with van der Waals surface area (Å²) in [7, 11) is 2.04. The highest BCUT2D eigenvalue weighted by Gasteiger charge is 2.28. The SMILES string of the molecule is CNC(c1ncc(Br)cc1Br)C1CCCC(C)C1. The maximum Gasteiger partial charge on any atom is 0.0718 e. The van der Waals surface area contributed by atoms with Crippen molar-refractivity contribution in [2.75, 3.05) is 7.05 Å². The first-order chi connectivity index (χ1) is 8.61. The lowest BCUT2D eigenvalue weighted by Gasteiger charge is -2.33. The van der Waals surface area contributed by atoms with Gasteiger partial charge in [0.15, 0.2) is 0 Å². The maximum absolute atomic E-state index is 4.59. The van der Waals surface area contributed by atoms with E-state index in [1.165, 1.54) is 25.7 Å². The molecule has 1 aromatic heterocycles. The number of pyridine rings is 1. The Morgan fingerprint density at radius 3 is 2.78 bits per heavy atom. The number of rotatable bonds is 3. The van der Waals surface area contributed by atoms with E-state index in [-0.39, 0.29) is 0 Å². The predicted octanol–water partition coefficient (Wildman–Crippen LogP) is 4.69. The van der Waals surface area contributed by atoms with E-state index in [9.17, 15) is 0 Å². The molecule has 1 aromatic rings. The fourth-order valence-corrected chi connectivity index (χ4v) is 4.27. The van der Waals surface area contributed by atoms with Crippen LogP contribution < -0.4 is 5.32 Å². The Bertz CT molecular complexity index is 409. The Kier molecular flexibility index (Phi) is 5.22. The molecular formula is C14H20Br2N2. The molecule has 1 N–H and O–H groups in total. The van der Waals surface area contributed by atoms with Crippen LogP contribution in [0.2, 0.25) is 0 Å². The van der Waals surface area contributed by atoms with Crippen LogP contribution >= 0.6 is 31.9 Å². The van der Waals surface area contributed by atoms with Gasteiger partial charge in [0.1, 0.15) is 0 Å². The molecule has 0 amide bonds. The van der Waals surface area contributed by atoms with Crippen molar-refractivity contribution in [3.8, 4) is 0 Å². The van der Waals surface area contributed by atoms with Crippen molar-refractivity contribution in [2.24, 2.45) is 11.8 Å². The van der Waals surface area contributed by atoms with Crippen molar-refractivity contribution in [3.05, 3.63) is 26.9 Å². The zero-order chi connectivity index (χ0) is 13.1. The Hall–Kier alpha value is 0.0700. The third kappa shape index (κ3) is 3.34. The maximum atomic E-state index is 4.59. The molecule has 1 aliphatic rings. The van der Waals surface area contributed by atoms with Crippen LogP contribution in [0.3, 0.4) is 0 Å². The second-order valence-electron chi connectivity index (χ2n) is 5.32. The molecule has 3 atom stereocenters. The van der Waals surface area contributed by atoms with Crippen LogP contribution in [0.5, 0.6) is 0 Å². The van der Waals surface area contributed by atoms with Crippen molar-refractivity contribution in [3.63, 3.8) is 0 Å². The van der Waals surface area contributed by atoms with Gasteiger partial charge in [0.25, 0.3) is 0 Å². The number of hydrogen-bond donors (Lipinski definition) is 1. The highest BCUT2D eigenvalue weighted by molar-refractivity contribution is 9.11. The first-order valence-electron chi connectivity index (χ1n) is 6.60. The van der Waals surface area contributed by atoms with E-state index in [0.717, 1.165) is 20.6 Å². The molecule has 0 saturated heterocycles. The molecule has 3 unspecified atom stereocenters. The summed E-state index contributed by atoms with van der Waals surface area (Å²) >= 11 is 7.10. The highest BCUT2D eigenvalue weighted by atomic mass is 79.9. The fraction of sp³-hybridized carbons (Fsp3) is 0.643. The summed E-state index contributed by atoms with van der Waals surface area (Å²) in [6.45, 7) is 2.36. The fourth-order valence-electron chi connectivity index (χ4n) is 3.03. The van der Waals surface area contributed by atoms with Crippen molar-refractivity contribution >= 4 is 31.9 Å². The van der Waals surface area contributed by atoms with Crippen LogP contribution in [-0.4, -0.2) is 12.0 Å². The number of nitrogens with one attached hydrogen (secondary N) is 1. The predicted molar refractivity (Wildman–Crippen MR) is 82.6 cm³/mol. The molecule has 1 aliphatic carbocycles. The average molecular weight is 376 g/mol. The zero-order valence-electron chi connectivity index (χ0n) is 10.9. The van der Waals surface area contributed by atoms with Crippen molar-refractivity contribution in [1.29, 1.82) is 0 Å². The first kappa shape index (κ1) is 14.5. The van der Waals surface area contributed by atoms with Gasteiger partial charge >= 0.3 is 0 Å². The second-order valence-corrected chi connectivity index (χ2v) is 7.09. The lowest BCUT2D eigenvalue weighted by Crippen LogP contribution is -2.30. The summed E-state index contributed by atoms with van der Waals surface area (Å²) in [6.07, 6.45) is 7.21. The Balaban J connectivity index is 2.21. The molecule has 0 aliphatic heterocycles. The summed E-state index contributed by atoms with van der Waals surface area (Å²) in [5.41, 5.74) is 1.14. The van der Waals surface area contributed by atoms with Crippen LogP contribution in [0.1, 0.15) is 44.3 Å². The molecule has 0 aromatic carbocycles. The van der Waals surface area contributed by atoms with Gasteiger partial charge in [-0.3, -0.25) is 4.98 Å². The van der Waals surface area contributed by atoms with E-state index < -0.39 is 0 Å². The van der Waals surface area contributed by atoms with Gasteiger partial charge in [0.2, 0.25) is 0 Å². The molecular weight excluding hydrogens is 356 g/mol. The Morgan fingerprint density at radius 1 is 1.39 bits per heavy atom. The van der Waals surface area contributed by atoms with E-state index in [4.69, 9.17) is 0 Å². The van der Waals surface area contributed by atoms with Gasteiger partial charge in [0.05, 0.1) is 11.7 Å². The summed E-state index contributed by atoms with van der Waals surface area (Å²) in [5.74, 6) is 1.54. The van der Waals surface area contributed by atoms with Crippen LogP contribution in [0.15, 0.2) is 21.2 Å². The smallest absolute Gasteiger partial charge is 0.0718 e. The Morgan fingerprint density at radius 2 is 2.17 bits per heavy atom. The minimum atomic E-state index is 0.357. The van der Waals surface area contributed by atoms with Crippen molar-refractivity contribution < 1.29 is 0 Å². The molecule has 2 rings (SSSR count). The normalized spacial score (nSPS) is 26.0. The summed E-state index contributed by atoms with van der Waals surface area (Å²) in [4.78, 5) is 4.59. The van der Waals surface area contributed by atoms with Crippen LogP contribution in [0, 0.1) is 11.8 Å². The zero-order valence-corrected chi connectivity index (χ0v) is 14.1. The molecule has 1 fully saturated rings. The molecule has 1 saturated carbocycles. The van der Waals surface area contributed by atoms with Crippen molar-refractivity contribution in [2.45, 2.75) is 38.6 Å². The summed E-state index contributed by atoms with van der Waals surface area (Å²) in [5, 5.41) is 3.46. The van der Waals surface area contributed by atoms with Gasteiger partial charge in [0, 0.05) is 15.1 Å². The van der Waals surface area contributed by atoms with Gasteiger partial charge < -0.3 is 5.32 Å². The minimum Gasteiger partial charge on any atom is -0.311 e. The number of hydrogen-bond acceptors (Lipinski definition) is 2. The topological polar surface area (TPSA) is 24.9 Å². The minimum absolute atomic E-state index is 0.357. The highest BCUT2D eigenvalue weighted by Crippen LogP contribution is 2.38. The van der Waals surface area contributed by atoms with E-state index in [2.05, 4.69) is 55.2 Å². The van der Waals surface area contributed by atoms with Gasteiger partial charge in [-0.05, 0) is 69.7 Å². The van der Waals surface area contributed by atoms with E-state index in [0.29, 0.717) is 12.0 Å². The average Bonchev–Trinajstić information content (AvgIpc) is 2.33. The molecule has 18 heavy (non-hydrogen) atoms. The molecule has 0 radical (unpaired) electrons. The van der Waals surface area contributed by atoms with Gasteiger partial charge in [-0.1, -0.05) is 19.8 Å². The third-order valence-electron chi connectivity index (χ3n) is 3.89. The lowest BCUT2D eigenvalue weighted by atomic mass is 9.77. The molecule has 1 heterocycles. The number of aromatic nitrogens is 1. The molecule has 100 valence electrons. The van der Waals surface area contributed by atoms with Crippen LogP contribution in [-0.2, 0) is 0 Å². The third-order valence-corrected chi connectivity index (χ3v) is 4.96. The van der Waals surface area contributed by atoms with Crippen LogP contribution in [0.4, 0.5) is 0 Å². The van der Waals surface area contributed by atoms with E-state index in [1.54, 1.807) is 0 Å². The summed E-state index contributed by atoms with van der Waals surface area (Å²) in [6, 6.07) is 2.44. The molecule has 0 bridgehead atoms. The van der Waals surface area contributed by atoms with Crippen molar-refractivity contribution in [1.82, 2.24) is 10.3 Å². The molecule has 2 nitrogen and oxygen atoms in total. The number of nitrogens with zero attached hydrogens (tertiary/aromatic N) is 1. The monoisotopic (exact) mass is 374 g/mol. The standard InChI is InChI=1S/C14H20Br2N2/c1-9-4-3-5-10(6-9)13(17-2)14-12(16)7-11(15)8-18-14/h7-10,13,17H,3-6H2,1-2H3. The molecule has 4 heteroatoms. The van der Waals surface area contributed by atoms with Gasteiger partial charge in [-0.25, -0.2) is 0 Å². The quantitative estimate of drug-likeness (QED) is 0.828. The molecule has 0 spiro atoms. The van der Waals surface area contributed by atoms with Gasteiger partial charge in [-0.2, -0.15) is 0 Å². The van der Waals surface area contributed by atoms with Crippen LogP contribution in [0.25, 0.3) is 0 Å². The largest absolute Gasteiger partial charge is 0.311 e. The van der Waals surface area contributed by atoms with Gasteiger partial charge in [-0.15, -0.1) is 0 Å². The summed E-state index contributed by atoms with van der Waals surface area (Å²) < 4.78 is 2.11. The van der Waals surface area contributed by atoms with E-state index >= 15 is 0 Å². The lowest BCUT2D eigenvalue weighted by molar-refractivity contribution is 0.227. The van der Waals surface area contributed by atoms with E-state index in [1.807, 2.05) is 13.2 Å². The number of halogens is 2. The second kappa shape index (κ2) is 6.49.